The van der Waals surface area contributed by atoms with Gasteiger partial charge in [0.05, 0.1) is 12.5 Å². The number of amides is 2. The predicted octanol–water partition coefficient (Wildman–Crippen LogP) is 0.924. The summed E-state index contributed by atoms with van der Waals surface area (Å²) in [6.07, 6.45) is 2.10. The SMILES string of the molecule is CN(CC1CCCOC1)C(=O)N1CSC[C@H]1C(=O)O. The molecule has 19 heavy (non-hydrogen) atoms. The zero-order valence-electron chi connectivity index (χ0n) is 11.1. The van der Waals surface area contributed by atoms with E-state index in [2.05, 4.69) is 0 Å². The molecule has 1 N–H and O–H groups in total. The number of aliphatic carboxylic acids is 1. The first-order valence-corrected chi connectivity index (χ1v) is 7.65. The van der Waals surface area contributed by atoms with Crippen molar-refractivity contribution in [3.05, 3.63) is 0 Å². The van der Waals surface area contributed by atoms with Crippen LogP contribution >= 0.6 is 11.8 Å². The third-order valence-electron chi connectivity index (χ3n) is 3.53. The van der Waals surface area contributed by atoms with E-state index in [0.717, 1.165) is 19.4 Å². The second-order valence-corrected chi connectivity index (χ2v) is 6.07. The summed E-state index contributed by atoms with van der Waals surface area (Å²) in [5.41, 5.74) is 0. The quantitative estimate of drug-likeness (QED) is 0.836. The van der Waals surface area contributed by atoms with Crippen LogP contribution in [-0.4, -0.2) is 71.4 Å². The molecule has 7 heteroatoms. The van der Waals surface area contributed by atoms with Gasteiger partial charge in [-0.2, -0.15) is 0 Å². The van der Waals surface area contributed by atoms with Crippen LogP contribution in [0, 0.1) is 5.92 Å². The minimum absolute atomic E-state index is 0.192. The van der Waals surface area contributed by atoms with E-state index in [9.17, 15) is 9.59 Å². The Kier molecular flexibility index (Phi) is 4.93. The highest BCUT2D eigenvalue weighted by molar-refractivity contribution is 7.99. The Morgan fingerprint density at radius 3 is 2.95 bits per heavy atom. The van der Waals surface area contributed by atoms with E-state index < -0.39 is 12.0 Å². The lowest BCUT2D eigenvalue weighted by Crippen LogP contribution is -2.49. The number of hydrogen-bond donors (Lipinski definition) is 1. The van der Waals surface area contributed by atoms with E-state index in [0.29, 0.717) is 30.7 Å². The van der Waals surface area contributed by atoms with E-state index in [1.807, 2.05) is 0 Å². The Bertz CT molecular complexity index is 347. The molecule has 2 aliphatic rings. The summed E-state index contributed by atoms with van der Waals surface area (Å²) < 4.78 is 5.40. The summed E-state index contributed by atoms with van der Waals surface area (Å²) in [5, 5.41) is 9.09. The summed E-state index contributed by atoms with van der Waals surface area (Å²) in [6.45, 7) is 2.12. The molecule has 6 nitrogen and oxygen atoms in total. The molecule has 2 amide bonds. The second kappa shape index (κ2) is 6.47. The summed E-state index contributed by atoms with van der Waals surface area (Å²) in [4.78, 5) is 26.4. The molecule has 2 heterocycles. The third kappa shape index (κ3) is 3.54. The summed E-state index contributed by atoms with van der Waals surface area (Å²) >= 11 is 1.48. The molecule has 2 atom stereocenters. The second-order valence-electron chi connectivity index (χ2n) is 5.07. The average Bonchev–Trinajstić information content (AvgIpc) is 2.88. The van der Waals surface area contributed by atoms with Crippen molar-refractivity contribution in [2.75, 3.05) is 38.4 Å². The van der Waals surface area contributed by atoms with Crippen molar-refractivity contribution in [3.8, 4) is 0 Å². The smallest absolute Gasteiger partial charge is 0.327 e. The molecule has 2 rings (SSSR count). The van der Waals surface area contributed by atoms with Crippen LogP contribution in [0.5, 0.6) is 0 Å². The van der Waals surface area contributed by atoms with Crippen LogP contribution in [0.3, 0.4) is 0 Å². The van der Waals surface area contributed by atoms with Crippen LogP contribution in [0.4, 0.5) is 4.79 Å². The van der Waals surface area contributed by atoms with E-state index in [1.54, 1.807) is 11.9 Å². The molecule has 0 aromatic heterocycles. The van der Waals surface area contributed by atoms with Gasteiger partial charge in [-0.25, -0.2) is 9.59 Å². The molecule has 108 valence electrons. The average molecular weight is 288 g/mol. The largest absolute Gasteiger partial charge is 0.480 e. The first kappa shape index (κ1) is 14.5. The van der Waals surface area contributed by atoms with Gasteiger partial charge in [0.1, 0.15) is 6.04 Å². The summed E-state index contributed by atoms with van der Waals surface area (Å²) in [5.74, 6) is 0.372. The Balaban J connectivity index is 1.89. The van der Waals surface area contributed by atoms with Crippen LogP contribution < -0.4 is 0 Å². The number of carboxylic acids is 1. The number of rotatable bonds is 3. The maximum absolute atomic E-state index is 12.3. The van der Waals surface area contributed by atoms with Gasteiger partial charge in [-0.15, -0.1) is 11.8 Å². The lowest BCUT2D eigenvalue weighted by atomic mass is 10.0. The van der Waals surface area contributed by atoms with Crippen LogP contribution in [0.1, 0.15) is 12.8 Å². The van der Waals surface area contributed by atoms with E-state index in [4.69, 9.17) is 9.84 Å². The van der Waals surface area contributed by atoms with Crippen molar-refractivity contribution in [3.63, 3.8) is 0 Å². The lowest BCUT2D eigenvalue weighted by Gasteiger charge is -2.31. The van der Waals surface area contributed by atoms with Gasteiger partial charge < -0.3 is 19.6 Å². The normalized spacial score (nSPS) is 27.3. The number of carbonyl (C=O) groups is 2. The fourth-order valence-corrected chi connectivity index (χ4v) is 3.61. The number of thioether (sulfide) groups is 1. The molecule has 2 saturated heterocycles. The Morgan fingerprint density at radius 2 is 2.32 bits per heavy atom. The van der Waals surface area contributed by atoms with Gasteiger partial charge in [0.2, 0.25) is 0 Å². The van der Waals surface area contributed by atoms with Crippen molar-refractivity contribution in [1.82, 2.24) is 9.80 Å². The molecule has 0 aromatic carbocycles. The predicted molar refractivity (Wildman–Crippen MR) is 72.2 cm³/mol. The topological polar surface area (TPSA) is 70.1 Å². The van der Waals surface area contributed by atoms with Crippen molar-refractivity contribution < 1.29 is 19.4 Å². The third-order valence-corrected chi connectivity index (χ3v) is 4.54. The van der Waals surface area contributed by atoms with E-state index in [1.165, 1.54) is 16.7 Å². The number of urea groups is 1. The molecule has 0 aliphatic carbocycles. The number of nitrogens with zero attached hydrogens (tertiary/aromatic N) is 2. The van der Waals surface area contributed by atoms with Gasteiger partial charge >= 0.3 is 12.0 Å². The molecule has 0 spiro atoms. The fourth-order valence-electron chi connectivity index (χ4n) is 2.47. The Labute approximate surface area is 117 Å². The minimum atomic E-state index is -0.923. The zero-order valence-corrected chi connectivity index (χ0v) is 11.9. The Morgan fingerprint density at radius 1 is 1.53 bits per heavy atom. The van der Waals surface area contributed by atoms with Crippen molar-refractivity contribution in [2.24, 2.45) is 5.92 Å². The molecular weight excluding hydrogens is 268 g/mol. The number of carboxylic acid groups (broad SMARTS) is 1. The maximum Gasteiger partial charge on any atom is 0.327 e. The molecule has 1 unspecified atom stereocenters. The van der Waals surface area contributed by atoms with Gasteiger partial charge in [-0.1, -0.05) is 0 Å². The standard InChI is InChI=1S/C12H20N2O4S/c1-13(5-9-3-2-4-18-6-9)12(17)14-8-19-7-10(14)11(15)16/h9-10H,2-8H2,1H3,(H,15,16)/t9?,10-/m0/s1. The molecule has 0 radical (unpaired) electrons. The highest BCUT2D eigenvalue weighted by Gasteiger charge is 2.36. The van der Waals surface area contributed by atoms with Gasteiger partial charge in [0.25, 0.3) is 0 Å². The van der Waals surface area contributed by atoms with Gasteiger partial charge in [0, 0.05) is 31.9 Å². The van der Waals surface area contributed by atoms with Gasteiger partial charge in [0.15, 0.2) is 0 Å². The van der Waals surface area contributed by atoms with Crippen LogP contribution in [0.25, 0.3) is 0 Å². The Hall–Kier alpha value is -0.950. The molecule has 2 aliphatic heterocycles. The molecular formula is C12H20N2O4S. The minimum Gasteiger partial charge on any atom is -0.480 e. The van der Waals surface area contributed by atoms with Crippen LogP contribution in [-0.2, 0) is 9.53 Å². The number of ether oxygens (including phenoxy) is 1. The number of hydrogen-bond acceptors (Lipinski definition) is 4. The van der Waals surface area contributed by atoms with Gasteiger partial charge in [-0.05, 0) is 12.8 Å². The summed E-state index contributed by atoms with van der Waals surface area (Å²) in [6, 6.07) is -0.884. The molecule has 2 fully saturated rings. The molecule has 0 bridgehead atoms. The number of carbonyl (C=O) groups excluding carboxylic acids is 1. The fraction of sp³-hybridized carbons (Fsp3) is 0.833. The van der Waals surface area contributed by atoms with Crippen molar-refractivity contribution >= 4 is 23.8 Å². The van der Waals surface area contributed by atoms with Crippen LogP contribution in [0.15, 0.2) is 0 Å². The highest BCUT2D eigenvalue weighted by atomic mass is 32.2. The summed E-state index contributed by atoms with van der Waals surface area (Å²) in [7, 11) is 1.73. The first-order valence-electron chi connectivity index (χ1n) is 6.49. The highest BCUT2D eigenvalue weighted by Crippen LogP contribution is 2.23. The van der Waals surface area contributed by atoms with Crippen LogP contribution in [0.2, 0.25) is 0 Å². The zero-order chi connectivity index (χ0) is 13.8. The van der Waals surface area contributed by atoms with Crippen molar-refractivity contribution in [2.45, 2.75) is 18.9 Å². The maximum atomic E-state index is 12.3. The molecule has 0 saturated carbocycles. The monoisotopic (exact) mass is 288 g/mol. The van der Waals surface area contributed by atoms with Gasteiger partial charge in [-0.3, -0.25) is 0 Å². The first-order chi connectivity index (χ1) is 9.09. The van der Waals surface area contributed by atoms with Crippen molar-refractivity contribution in [1.29, 1.82) is 0 Å². The van der Waals surface area contributed by atoms with E-state index in [-0.39, 0.29) is 6.03 Å². The van der Waals surface area contributed by atoms with E-state index >= 15 is 0 Å². The lowest BCUT2D eigenvalue weighted by molar-refractivity contribution is -0.140. The molecule has 0 aromatic rings.